The van der Waals surface area contributed by atoms with Crippen LogP contribution in [0.25, 0.3) is 0 Å². The minimum atomic E-state index is 0.776. The highest BCUT2D eigenvalue weighted by molar-refractivity contribution is 6.29. The van der Waals surface area contributed by atoms with Crippen LogP contribution in [0.1, 0.15) is 13.8 Å². The summed E-state index contributed by atoms with van der Waals surface area (Å²) in [6, 6.07) is 0. The highest BCUT2D eigenvalue weighted by atomic mass is 35.5. The third-order valence-electron chi connectivity index (χ3n) is 1.58. The topological polar surface area (TPSA) is 3.24 Å². The van der Waals surface area contributed by atoms with Gasteiger partial charge in [0.2, 0.25) is 0 Å². The maximum Gasteiger partial charge on any atom is 0.0290 e. The van der Waals surface area contributed by atoms with Crippen molar-refractivity contribution in [3.63, 3.8) is 0 Å². The SMILES string of the molecule is C=C(/C=C\C=C(/C)Cl)N(C)CC. The molecular formula is C10H16ClN. The first-order valence-electron chi connectivity index (χ1n) is 3.98. The van der Waals surface area contributed by atoms with Crippen LogP contribution in [0.5, 0.6) is 0 Å². The largest absolute Gasteiger partial charge is 0.375 e. The molecule has 0 unspecified atom stereocenters. The molecule has 0 atom stereocenters. The van der Waals surface area contributed by atoms with Gasteiger partial charge in [0.1, 0.15) is 0 Å². The van der Waals surface area contributed by atoms with Crippen molar-refractivity contribution >= 4 is 11.6 Å². The number of rotatable bonds is 4. The van der Waals surface area contributed by atoms with E-state index >= 15 is 0 Å². The summed E-state index contributed by atoms with van der Waals surface area (Å²) in [5.74, 6) is 0. The molecule has 0 N–H and O–H groups in total. The van der Waals surface area contributed by atoms with Crippen LogP contribution in [-0.4, -0.2) is 18.5 Å². The van der Waals surface area contributed by atoms with E-state index in [0.29, 0.717) is 0 Å². The molecule has 68 valence electrons. The van der Waals surface area contributed by atoms with Gasteiger partial charge in [0.25, 0.3) is 0 Å². The smallest absolute Gasteiger partial charge is 0.0290 e. The Bertz CT molecular complexity index is 200. The maximum atomic E-state index is 5.64. The molecule has 0 heterocycles. The zero-order valence-corrected chi connectivity index (χ0v) is 8.73. The molecule has 0 aromatic rings. The Morgan fingerprint density at radius 1 is 1.58 bits per heavy atom. The minimum absolute atomic E-state index is 0.776. The van der Waals surface area contributed by atoms with E-state index in [-0.39, 0.29) is 0 Å². The molecule has 1 nitrogen and oxygen atoms in total. The van der Waals surface area contributed by atoms with E-state index in [1.54, 1.807) is 0 Å². The van der Waals surface area contributed by atoms with Crippen molar-refractivity contribution in [3.05, 3.63) is 35.5 Å². The van der Waals surface area contributed by atoms with Gasteiger partial charge in [-0.05, 0) is 26.0 Å². The van der Waals surface area contributed by atoms with E-state index in [4.69, 9.17) is 11.6 Å². The summed E-state index contributed by atoms with van der Waals surface area (Å²) < 4.78 is 0. The van der Waals surface area contributed by atoms with E-state index in [0.717, 1.165) is 17.3 Å². The molecule has 0 radical (unpaired) electrons. The van der Waals surface area contributed by atoms with E-state index in [9.17, 15) is 0 Å². The Hall–Kier alpha value is -0.690. The van der Waals surface area contributed by atoms with Gasteiger partial charge in [0.15, 0.2) is 0 Å². The lowest BCUT2D eigenvalue weighted by molar-refractivity contribution is 0.458. The van der Waals surface area contributed by atoms with Gasteiger partial charge in [0, 0.05) is 24.3 Å². The first-order chi connectivity index (χ1) is 5.57. The first-order valence-corrected chi connectivity index (χ1v) is 4.36. The molecule has 2 heteroatoms. The number of hydrogen-bond donors (Lipinski definition) is 0. The fourth-order valence-corrected chi connectivity index (χ4v) is 0.695. The molecule has 0 saturated heterocycles. The van der Waals surface area contributed by atoms with Crippen molar-refractivity contribution in [1.82, 2.24) is 4.90 Å². The Kier molecular flexibility index (Phi) is 5.56. The van der Waals surface area contributed by atoms with Gasteiger partial charge in [-0.15, -0.1) is 0 Å². The van der Waals surface area contributed by atoms with E-state index < -0.39 is 0 Å². The Balaban J connectivity index is 4.00. The first kappa shape index (κ1) is 11.3. The normalized spacial score (nSPS) is 12.2. The highest BCUT2D eigenvalue weighted by Gasteiger charge is 1.91. The maximum absolute atomic E-state index is 5.64. The molecule has 0 amide bonds. The summed E-state index contributed by atoms with van der Waals surface area (Å²) >= 11 is 5.64. The summed E-state index contributed by atoms with van der Waals surface area (Å²) in [5.41, 5.74) is 0.992. The molecule has 12 heavy (non-hydrogen) atoms. The third kappa shape index (κ3) is 5.03. The number of halogens is 1. The Morgan fingerprint density at radius 2 is 2.17 bits per heavy atom. The molecule has 0 rings (SSSR count). The van der Waals surface area contributed by atoms with Crippen LogP contribution in [0, 0.1) is 0 Å². The lowest BCUT2D eigenvalue weighted by Gasteiger charge is -2.15. The lowest BCUT2D eigenvalue weighted by Crippen LogP contribution is -2.14. The number of hydrogen-bond acceptors (Lipinski definition) is 1. The molecule has 0 aliphatic rings. The van der Waals surface area contributed by atoms with Gasteiger partial charge in [-0.25, -0.2) is 0 Å². The van der Waals surface area contributed by atoms with E-state index in [2.05, 4.69) is 18.4 Å². The Morgan fingerprint density at radius 3 is 2.58 bits per heavy atom. The van der Waals surface area contributed by atoms with Crippen LogP contribution in [0.2, 0.25) is 0 Å². The predicted molar refractivity (Wildman–Crippen MR) is 56.2 cm³/mol. The zero-order chi connectivity index (χ0) is 9.56. The van der Waals surface area contributed by atoms with Crippen molar-refractivity contribution in [1.29, 1.82) is 0 Å². The minimum Gasteiger partial charge on any atom is -0.375 e. The second-order valence-corrected chi connectivity index (χ2v) is 3.21. The molecule has 0 aliphatic heterocycles. The van der Waals surface area contributed by atoms with Crippen LogP contribution < -0.4 is 0 Å². The third-order valence-corrected chi connectivity index (χ3v) is 1.71. The van der Waals surface area contributed by atoms with Crippen molar-refractivity contribution in [2.75, 3.05) is 13.6 Å². The molecule has 0 aliphatic carbocycles. The zero-order valence-electron chi connectivity index (χ0n) is 7.97. The molecule has 0 aromatic carbocycles. The van der Waals surface area contributed by atoms with Gasteiger partial charge in [-0.3, -0.25) is 0 Å². The van der Waals surface area contributed by atoms with Crippen molar-refractivity contribution < 1.29 is 0 Å². The second-order valence-electron chi connectivity index (χ2n) is 2.62. The van der Waals surface area contributed by atoms with Crippen LogP contribution in [-0.2, 0) is 0 Å². The van der Waals surface area contributed by atoms with Gasteiger partial charge in [-0.2, -0.15) is 0 Å². The van der Waals surface area contributed by atoms with Gasteiger partial charge in [-0.1, -0.05) is 24.3 Å². The average molecular weight is 186 g/mol. The lowest BCUT2D eigenvalue weighted by atomic mass is 10.3. The molecule has 0 fully saturated rings. The number of nitrogens with zero attached hydrogens (tertiary/aromatic N) is 1. The van der Waals surface area contributed by atoms with E-state index in [1.165, 1.54) is 0 Å². The predicted octanol–water partition coefficient (Wildman–Crippen LogP) is 3.15. The summed E-state index contributed by atoms with van der Waals surface area (Å²) in [6.45, 7) is 8.78. The molecular weight excluding hydrogens is 170 g/mol. The van der Waals surface area contributed by atoms with Crippen LogP contribution in [0.15, 0.2) is 35.5 Å². The van der Waals surface area contributed by atoms with Crippen molar-refractivity contribution in [2.24, 2.45) is 0 Å². The van der Waals surface area contributed by atoms with Crippen molar-refractivity contribution in [3.8, 4) is 0 Å². The van der Waals surface area contributed by atoms with Gasteiger partial charge >= 0.3 is 0 Å². The quantitative estimate of drug-likeness (QED) is 0.609. The molecule has 0 saturated carbocycles. The number of likely N-dealkylation sites (N-methyl/N-ethyl adjacent to an activating group) is 1. The second kappa shape index (κ2) is 5.90. The van der Waals surface area contributed by atoms with Crippen LogP contribution in [0.3, 0.4) is 0 Å². The molecule has 0 aromatic heterocycles. The standard InChI is InChI=1S/C10H16ClN/c1-5-12(4)10(3)8-6-7-9(2)11/h6-8H,3,5H2,1-2,4H3/b8-6-,9-7+. The molecule has 0 spiro atoms. The summed E-state index contributed by atoms with van der Waals surface area (Å²) in [7, 11) is 2.00. The van der Waals surface area contributed by atoms with Gasteiger partial charge < -0.3 is 4.90 Å². The van der Waals surface area contributed by atoms with E-state index in [1.807, 2.05) is 32.2 Å². The highest BCUT2D eigenvalue weighted by Crippen LogP contribution is 2.02. The Labute approximate surface area is 80.0 Å². The van der Waals surface area contributed by atoms with Crippen molar-refractivity contribution in [2.45, 2.75) is 13.8 Å². The average Bonchev–Trinajstić information content (AvgIpc) is 2.02. The molecule has 0 bridgehead atoms. The fraction of sp³-hybridized carbons (Fsp3) is 0.400. The monoisotopic (exact) mass is 185 g/mol. The summed E-state index contributed by atoms with van der Waals surface area (Å²) in [6.07, 6.45) is 5.68. The summed E-state index contributed by atoms with van der Waals surface area (Å²) in [5, 5.41) is 0.776. The summed E-state index contributed by atoms with van der Waals surface area (Å²) in [4.78, 5) is 2.06. The number of allylic oxidation sites excluding steroid dienone is 4. The van der Waals surface area contributed by atoms with Crippen LogP contribution in [0.4, 0.5) is 0 Å². The van der Waals surface area contributed by atoms with Crippen LogP contribution >= 0.6 is 11.6 Å². The van der Waals surface area contributed by atoms with Gasteiger partial charge in [0.05, 0.1) is 0 Å². The fourth-order valence-electron chi connectivity index (χ4n) is 0.622.